The molecule has 1 saturated heterocycles. The van der Waals surface area contributed by atoms with Crippen LogP contribution in [-0.4, -0.2) is 69.3 Å². The number of rotatable bonds is 9. The molecule has 0 spiro atoms. The fraction of sp³-hybridized carbons (Fsp3) is 0.480. The molecule has 1 N–H and O–H groups in total. The van der Waals surface area contributed by atoms with Gasteiger partial charge in [-0.3, -0.25) is 9.69 Å². The van der Waals surface area contributed by atoms with E-state index in [0.717, 1.165) is 30.0 Å². The van der Waals surface area contributed by atoms with E-state index in [0.29, 0.717) is 37.0 Å². The van der Waals surface area contributed by atoms with E-state index in [-0.39, 0.29) is 12.5 Å². The minimum absolute atomic E-state index is 0.0915. The summed E-state index contributed by atoms with van der Waals surface area (Å²) < 4.78 is 27.5. The first-order valence-electron chi connectivity index (χ1n) is 11.7. The summed E-state index contributed by atoms with van der Waals surface area (Å²) in [6, 6.07) is 15.0. The Balaban J connectivity index is 1.51. The van der Waals surface area contributed by atoms with Gasteiger partial charge in [-0.25, -0.2) is 8.42 Å². The molecular formula is C25H36N4O3S. The molecular weight excluding hydrogens is 436 g/mol. The van der Waals surface area contributed by atoms with Crippen LogP contribution in [0.25, 0.3) is 0 Å². The number of amides is 1. The number of anilines is 2. The van der Waals surface area contributed by atoms with Crippen LogP contribution in [-0.2, 0) is 14.8 Å². The minimum Gasteiger partial charge on any atom is -0.372 e. The molecule has 0 aliphatic carbocycles. The monoisotopic (exact) mass is 472 g/mol. The third-order valence-electron chi connectivity index (χ3n) is 6.16. The lowest BCUT2D eigenvalue weighted by atomic mass is 10.0. The van der Waals surface area contributed by atoms with E-state index in [1.807, 2.05) is 41.3 Å². The van der Waals surface area contributed by atoms with Crippen molar-refractivity contribution < 1.29 is 13.2 Å². The highest BCUT2D eigenvalue weighted by Gasteiger charge is 2.29. The predicted octanol–water partition coefficient (Wildman–Crippen LogP) is 3.60. The highest BCUT2D eigenvalue weighted by atomic mass is 32.2. The van der Waals surface area contributed by atoms with E-state index in [2.05, 4.69) is 37.9 Å². The van der Waals surface area contributed by atoms with Gasteiger partial charge in [-0.05, 0) is 61.7 Å². The molecule has 3 rings (SSSR count). The van der Waals surface area contributed by atoms with Crippen molar-refractivity contribution in [1.29, 1.82) is 0 Å². The molecule has 1 amide bonds. The number of sulfonamides is 1. The molecule has 1 aliphatic heterocycles. The van der Waals surface area contributed by atoms with Gasteiger partial charge in [0, 0.05) is 50.6 Å². The van der Waals surface area contributed by atoms with Crippen LogP contribution in [0.3, 0.4) is 0 Å². The summed E-state index contributed by atoms with van der Waals surface area (Å²) in [5, 5.41) is 2.94. The second-order valence-corrected chi connectivity index (χ2v) is 10.6. The molecule has 1 heterocycles. The van der Waals surface area contributed by atoms with Crippen molar-refractivity contribution in [2.24, 2.45) is 0 Å². The summed E-state index contributed by atoms with van der Waals surface area (Å²) in [4.78, 5) is 17.1. The molecule has 180 valence electrons. The Bertz CT molecular complexity index is 1010. The first-order chi connectivity index (χ1) is 15.7. The summed E-state index contributed by atoms with van der Waals surface area (Å²) in [5.74, 6) is 0.267. The van der Waals surface area contributed by atoms with Crippen molar-refractivity contribution in [3.63, 3.8) is 0 Å². The van der Waals surface area contributed by atoms with Gasteiger partial charge in [0.2, 0.25) is 15.9 Å². The van der Waals surface area contributed by atoms with E-state index in [4.69, 9.17) is 0 Å². The lowest BCUT2D eigenvalue weighted by Crippen LogP contribution is -2.50. The Morgan fingerprint density at radius 2 is 1.52 bits per heavy atom. The van der Waals surface area contributed by atoms with Gasteiger partial charge in [0.15, 0.2) is 0 Å². The summed E-state index contributed by atoms with van der Waals surface area (Å²) in [6.07, 6.45) is 0. The van der Waals surface area contributed by atoms with E-state index in [1.54, 1.807) is 12.1 Å². The number of piperazine rings is 1. The van der Waals surface area contributed by atoms with E-state index in [1.165, 1.54) is 4.31 Å². The third-order valence-corrected chi connectivity index (χ3v) is 8.08. The number of nitrogens with zero attached hydrogens (tertiary/aromatic N) is 3. The molecule has 33 heavy (non-hydrogen) atoms. The Labute approximate surface area is 198 Å². The Hall–Kier alpha value is -2.42. The highest BCUT2D eigenvalue weighted by molar-refractivity contribution is 7.89. The van der Waals surface area contributed by atoms with Crippen LogP contribution < -0.4 is 10.2 Å². The molecule has 1 fully saturated rings. The van der Waals surface area contributed by atoms with Gasteiger partial charge in [-0.1, -0.05) is 26.0 Å². The predicted molar refractivity (Wildman–Crippen MR) is 134 cm³/mol. The maximum absolute atomic E-state index is 13.0. The number of benzene rings is 2. The molecule has 8 heteroatoms. The third kappa shape index (κ3) is 6.34. The number of carbonyl (C=O) groups excluding carboxylic acids is 1. The van der Waals surface area contributed by atoms with E-state index >= 15 is 0 Å². The molecule has 0 aromatic heterocycles. The Kier molecular flexibility index (Phi) is 8.51. The van der Waals surface area contributed by atoms with Crippen LogP contribution in [0.2, 0.25) is 0 Å². The second kappa shape index (κ2) is 11.1. The Morgan fingerprint density at radius 1 is 0.939 bits per heavy atom. The van der Waals surface area contributed by atoms with Gasteiger partial charge in [0.05, 0.1) is 11.4 Å². The van der Waals surface area contributed by atoms with Crippen molar-refractivity contribution in [1.82, 2.24) is 9.21 Å². The zero-order valence-corrected chi connectivity index (χ0v) is 20.9. The van der Waals surface area contributed by atoms with Crippen LogP contribution in [0.5, 0.6) is 0 Å². The molecule has 2 aromatic rings. The molecule has 0 saturated carbocycles. The standard InChI is InChI=1S/C25H36N4O3S/c1-5-28(6-2)23-11-9-22(10-12-23)26-25(30)19-27-15-17-29(18-16-27)33(31,32)24-13-7-21(8-14-24)20(3)4/h7-14,20H,5-6,15-19H2,1-4H3,(H,26,30). The summed E-state index contributed by atoms with van der Waals surface area (Å²) >= 11 is 0. The minimum atomic E-state index is -3.52. The SMILES string of the molecule is CCN(CC)c1ccc(NC(=O)CN2CCN(S(=O)(=O)c3ccc(C(C)C)cc3)CC2)cc1. The Morgan fingerprint density at radius 3 is 2.03 bits per heavy atom. The molecule has 0 bridgehead atoms. The lowest BCUT2D eigenvalue weighted by Gasteiger charge is -2.33. The first kappa shape index (κ1) is 25.2. The summed E-state index contributed by atoms with van der Waals surface area (Å²) in [6.45, 7) is 12.3. The average molecular weight is 473 g/mol. The maximum atomic E-state index is 13.0. The van der Waals surface area contributed by atoms with Gasteiger partial charge in [-0.2, -0.15) is 4.31 Å². The van der Waals surface area contributed by atoms with Gasteiger partial charge >= 0.3 is 0 Å². The largest absolute Gasteiger partial charge is 0.372 e. The van der Waals surface area contributed by atoms with Crippen molar-refractivity contribution in [3.05, 3.63) is 54.1 Å². The second-order valence-electron chi connectivity index (χ2n) is 8.67. The lowest BCUT2D eigenvalue weighted by molar-refractivity contribution is -0.117. The fourth-order valence-corrected chi connectivity index (χ4v) is 5.47. The van der Waals surface area contributed by atoms with Gasteiger partial charge in [0.1, 0.15) is 0 Å². The molecule has 0 radical (unpaired) electrons. The van der Waals surface area contributed by atoms with Crippen LogP contribution in [0.4, 0.5) is 11.4 Å². The van der Waals surface area contributed by atoms with Crippen LogP contribution >= 0.6 is 0 Å². The summed E-state index contributed by atoms with van der Waals surface area (Å²) in [7, 11) is -3.52. The number of hydrogen-bond donors (Lipinski definition) is 1. The van der Waals surface area contributed by atoms with Crippen LogP contribution in [0, 0.1) is 0 Å². The van der Waals surface area contributed by atoms with Gasteiger partial charge in [0.25, 0.3) is 0 Å². The number of carbonyl (C=O) groups is 1. The van der Waals surface area contributed by atoms with E-state index in [9.17, 15) is 13.2 Å². The summed E-state index contributed by atoms with van der Waals surface area (Å²) in [5.41, 5.74) is 3.02. The molecule has 0 unspecified atom stereocenters. The molecule has 0 atom stereocenters. The van der Waals surface area contributed by atoms with Crippen molar-refractivity contribution in [2.45, 2.75) is 38.5 Å². The van der Waals surface area contributed by atoms with Crippen molar-refractivity contribution in [2.75, 3.05) is 56.0 Å². The number of nitrogens with one attached hydrogen (secondary N) is 1. The molecule has 7 nitrogen and oxygen atoms in total. The first-order valence-corrected chi connectivity index (χ1v) is 13.2. The molecule has 1 aliphatic rings. The smallest absolute Gasteiger partial charge is 0.243 e. The highest BCUT2D eigenvalue weighted by Crippen LogP contribution is 2.21. The molecule has 2 aromatic carbocycles. The van der Waals surface area contributed by atoms with Gasteiger partial charge in [-0.15, -0.1) is 0 Å². The average Bonchev–Trinajstić information content (AvgIpc) is 2.81. The quantitative estimate of drug-likeness (QED) is 0.604. The topological polar surface area (TPSA) is 73.0 Å². The van der Waals surface area contributed by atoms with Crippen molar-refractivity contribution >= 4 is 27.3 Å². The van der Waals surface area contributed by atoms with E-state index < -0.39 is 10.0 Å². The van der Waals surface area contributed by atoms with Crippen LogP contribution in [0.1, 0.15) is 39.2 Å². The van der Waals surface area contributed by atoms with Crippen LogP contribution in [0.15, 0.2) is 53.4 Å². The zero-order chi connectivity index (χ0) is 24.0. The fourth-order valence-electron chi connectivity index (χ4n) is 4.05. The maximum Gasteiger partial charge on any atom is 0.243 e. The normalized spacial score (nSPS) is 15.5. The number of hydrogen-bond acceptors (Lipinski definition) is 5. The van der Waals surface area contributed by atoms with Crippen molar-refractivity contribution in [3.8, 4) is 0 Å². The zero-order valence-electron chi connectivity index (χ0n) is 20.1. The van der Waals surface area contributed by atoms with Gasteiger partial charge < -0.3 is 10.2 Å².